The molecule has 7 heteroatoms. The van der Waals surface area contributed by atoms with Crippen molar-refractivity contribution in [2.45, 2.75) is 38.7 Å². The molecule has 1 saturated heterocycles. The molecule has 1 aliphatic heterocycles. The van der Waals surface area contributed by atoms with Crippen LogP contribution in [0, 0.1) is 5.41 Å². The molecule has 2 fully saturated rings. The number of alkyl halides is 3. The summed E-state index contributed by atoms with van der Waals surface area (Å²) in [5.41, 5.74) is 5.01. The third kappa shape index (κ3) is 5.54. The lowest BCUT2D eigenvalue weighted by Gasteiger charge is -2.27. The zero-order valence-electron chi connectivity index (χ0n) is 14.0. The number of likely N-dealkylation sites (tertiary alicyclic amines) is 1. The smallest absolute Gasteiger partial charge is 0.387 e. The fraction of sp³-hybridized carbons (Fsp3) is 0.647. The molecule has 1 spiro atoms. The molecule has 0 aromatic rings. The topological polar surface area (TPSA) is 38.5 Å². The molecule has 2 N–H and O–H groups in total. The van der Waals surface area contributed by atoms with Crippen molar-refractivity contribution in [2.75, 3.05) is 26.8 Å². The minimum atomic E-state index is -2.99. The summed E-state index contributed by atoms with van der Waals surface area (Å²) < 4.78 is 54.4. The molecule has 1 heterocycles. The van der Waals surface area contributed by atoms with Gasteiger partial charge in [0.1, 0.15) is 18.3 Å². The summed E-state index contributed by atoms with van der Waals surface area (Å²) in [4.78, 5) is 1.89. The van der Waals surface area contributed by atoms with Crippen molar-refractivity contribution in [1.82, 2.24) is 4.90 Å². The minimum Gasteiger partial charge on any atom is -0.433 e. The van der Waals surface area contributed by atoms with E-state index in [-0.39, 0.29) is 11.2 Å². The van der Waals surface area contributed by atoms with E-state index in [1.54, 1.807) is 0 Å². The van der Waals surface area contributed by atoms with Crippen LogP contribution in [0.25, 0.3) is 0 Å². The van der Waals surface area contributed by atoms with Gasteiger partial charge in [0.15, 0.2) is 0 Å². The van der Waals surface area contributed by atoms with Crippen LogP contribution in [0.15, 0.2) is 36.0 Å². The Bertz CT molecular complexity index is 471. The number of hydrogen-bond donors (Lipinski definition) is 1. The van der Waals surface area contributed by atoms with Crippen LogP contribution >= 0.6 is 0 Å². The molecule has 2 aliphatic rings. The molecule has 3 nitrogen and oxygen atoms in total. The van der Waals surface area contributed by atoms with E-state index < -0.39 is 19.1 Å². The van der Waals surface area contributed by atoms with Crippen molar-refractivity contribution >= 4 is 0 Å². The van der Waals surface area contributed by atoms with E-state index in [9.17, 15) is 17.6 Å². The van der Waals surface area contributed by atoms with Gasteiger partial charge in [-0.2, -0.15) is 8.78 Å². The average molecular weight is 350 g/mol. The highest BCUT2D eigenvalue weighted by Crippen LogP contribution is 2.46. The van der Waals surface area contributed by atoms with Gasteiger partial charge in [-0.25, -0.2) is 8.78 Å². The SMILES string of the molecule is C=C(OC(F)F)/C(=C\C=C(\F)CF)N1CCC2(CCCC2)C1.CN. The lowest BCUT2D eigenvalue weighted by atomic mass is 9.86. The zero-order chi connectivity index (χ0) is 18.2. The second kappa shape index (κ2) is 9.71. The Morgan fingerprint density at radius 2 is 1.88 bits per heavy atom. The Labute approximate surface area is 140 Å². The summed E-state index contributed by atoms with van der Waals surface area (Å²) in [6.07, 6.45) is 7.78. The number of rotatable bonds is 6. The number of nitrogens with zero attached hydrogens (tertiary/aromatic N) is 1. The van der Waals surface area contributed by atoms with Gasteiger partial charge in [0.25, 0.3) is 0 Å². The second-order valence-corrected chi connectivity index (χ2v) is 5.98. The molecule has 0 aromatic carbocycles. The number of hydrogen-bond acceptors (Lipinski definition) is 3. The van der Waals surface area contributed by atoms with E-state index >= 15 is 0 Å². The largest absolute Gasteiger partial charge is 0.433 e. The van der Waals surface area contributed by atoms with E-state index in [2.05, 4.69) is 17.0 Å². The van der Waals surface area contributed by atoms with Crippen LogP contribution in [0.2, 0.25) is 0 Å². The molecule has 138 valence electrons. The lowest BCUT2D eigenvalue weighted by molar-refractivity contribution is -0.0950. The number of allylic oxidation sites excluding steroid dienone is 3. The monoisotopic (exact) mass is 350 g/mol. The maximum Gasteiger partial charge on any atom is 0.387 e. The predicted molar refractivity (Wildman–Crippen MR) is 86.7 cm³/mol. The summed E-state index contributed by atoms with van der Waals surface area (Å²) in [6, 6.07) is 0. The Hall–Kier alpha value is -1.50. The first-order valence-corrected chi connectivity index (χ1v) is 8.05. The van der Waals surface area contributed by atoms with Crippen LogP contribution in [-0.2, 0) is 4.74 Å². The molecule has 0 unspecified atom stereocenters. The maximum atomic E-state index is 13.0. The fourth-order valence-electron chi connectivity index (χ4n) is 3.43. The van der Waals surface area contributed by atoms with Gasteiger partial charge in [0, 0.05) is 13.1 Å². The predicted octanol–water partition coefficient (Wildman–Crippen LogP) is 4.29. The van der Waals surface area contributed by atoms with Gasteiger partial charge < -0.3 is 15.4 Å². The summed E-state index contributed by atoms with van der Waals surface area (Å²) in [7, 11) is 1.50. The van der Waals surface area contributed by atoms with Gasteiger partial charge >= 0.3 is 6.61 Å². The van der Waals surface area contributed by atoms with Crippen molar-refractivity contribution < 1.29 is 22.3 Å². The van der Waals surface area contributed by atoms with Crippen molar-refractivity contribution in [3.05, 3.63) is 36.0 Å². The molecule has 1 saturated carbocycles. The molecular weight excluding hydrogens is 324 g/mol. The van der Waals surface area contributed by atoms with Crippen LogP contribution < -0.4 is 5.73 Å². The van der Waals surface area contributed by atoms with Crippen LogP contribution in [0.4, 0.5) is 17.6 Å². The van der Waals surface area contributed by atoms with Crippen LogP contribution in [0.1, 0.15) is 32.1 Å². The molecule has 0 atom stereocenters. The Morgan fingerprint density at radius 1 is 1.25 bits per heavy atom. The van der Waals surface area contributed by atoms with Crippen LogP contribution in [0.3, 0.4) is 0 Å². The van der Waals surface area contributed by atoms with Gasteiger partial charge in [-0.3, -0.25) is 0 Å². The lowest BCUT2D eigenvalue weighted by Crippen LogP contribution is -2.26. The molecule has 24 heavy (non-hydrogen) atoms. The zero-order valence-corrected chi connectivity index (χ0v) is 14.0. The molecule has 0 radical (unpaired) electrons. The van der Waals surface area contributed by atoms with E-state index in [0.29, 0.717) is 12.2 Å². The van der Waals surface area contributed by atoms with E-state index in [1.807, 2.05) is 4.90 Å². The Balaban J connectivity index is 0.00000139. The van der Waals surface area contributed by atoms with Gasteiger partial charge in [0.05, 0.1) is 5.70 Å². The number of halogens is 4. The van der Waals surface area contributed by atoms with Crippen molar-refractivity contribution in [1.29, 1.82) is 0 Å². The quantitative estimate of drug-likeness (QED) is 0.441. The third-order valence-corrected chi connectivity index (χ3v) is 4.51. The van der Waals surface area contributed by atoms with Gasteiger partial charge in [-0.05, 0) is 43.9 Å². The van der Waals surface area contributed by atoms with Crippen LogP contribution in [0.5, 0.6) is 0 Å². The van der Waals surface area contributed by atoms with Gasteiger partial charge in [0.2, 0.25) is 0 Å². The normalized spacial score (nSPS) is 20.4. The maximum absolute atomic E-state index is 13.0. The van der Waals surface area contributed by atoms with Crippen molar-refractivity contribution in [3.8, 4) is 0 Å². The fourth-order valence-corrected chi connectivity index (χ4v) is 3.43. The molecule has 0 amide bonds. The third-order valence-electron chi connectivity index (χ3n) is 4.51. The van der Waals surface area contributed by atoms with E-state index in [0.717, 1.165) is 31.9 Å². The van der Waals surface area contributed by atoms with Gasteiger partial charge in [-0.1, -0.05) is 19.4 Å². The molecule has 2 rings (SSSR count). The highest BCUT2D eigenvalue weighted by atomic mass is 19.3. The standard InChI is InChI=1S/C16H21F4NO.CH5N/c1-12(22-15(19)20)14(5-4-13(18)10-17)21-9-8-16(11-21)6-2-3-7-16;1-2/h4-5,15H,1-3,6-11H2;2H2,1H3/b13-4+,14-5+;. The molecule has 0 bridgehead atoms. The second-order valence-electron chi connectivity index (χ2n) is 5.98. The summed E-state index contributed by atoms with van der Waals surface area (Å²) in [5, 5.41) is 0. The summed E-state index contributed by atoms with van der Waals surface area (Å²) in [6.45, 7) is 0.684. The molecular formula is C17H26F4N2O. The summed E-state index contributed by atoms with van der Waals surface area (Å²) in [5.74, 6) is -1.18. The van der Waals surface area contributed by atoms with E-state index in [4.69, 9.17) is 0 Å². The highest BCUT2D eigenvalue weighted by Gasteiger charge is 2.41. The van der Waals surface area contributed by atoms with Crippen molar-refractivity contribution in [3.63, 3.8) is 0 Å². The van der Waals surface area contributed by atoms with E-state index in [1.165, 1.54) is 26.0 Å². The Morgan fingerprint density at radius 3 is 2.42 bits per heavy atom. The number of nitrogens with two attached hydrogens (primary N) is 1. The highest BCUT2D eigenvalue weighted by molar-refractivity contribution is 5.28. The average Bonchev–Trinajstić information content (AvgIpc) is 3.19. The number of ether oxygens (including phenoxy) is 1. The van der Waals surface area contributed by atoms with Crippen molar-refractivity contribution in [2.24, 2.45) is 11.1 Å². The minimum absolute atomic E-state index is 0.215. The first kappa shape index (κ1) is 20.5. The van der Waals surface area contributed by atoms with Crippen LogP contribution in [-0.4, -0.2) is 38.3 Å². The Kier molecular flexibility index (Phi) is 8.31. The van der Waals surface area contributed by atoms with Gasteiger partial charge in [-0.15, -0.1) is 0 Å². The molecule has 1 aliphatic carbocycles. The first-order chi connectivity index (χ1) is 11.5. The summed E-state index contributed by atoms with van der Waals surface area (Å²) >= 11 is 0. The first-order valence-electron chi connectivity index (χ1n) is 8.05. The molecule has 0 aromatic heterocycles.